The first-order valence-electron chi connectivity index (χ1n) is 18.5. The van der Waals surface area contributed by atoms with Crippen molar-refractivity contribution >= 4 is 50.2 Å². The molecule has 0 bridgehead atoms. The molecule has 1 aliphatic heterocycles. The van der Waals surface area contributed by atoms with Crippen LogP contribution in [0.15, 0.2) is 198 Å². The van der Waals surface area contributed by atoms with E-state index in [1.807, 2.05) is 23.1 Å². The van der Waals surface area contributed by atoms with Gasteiger partial charge < -0.3 is 4.90 Å². The van der Waals surface area contributed by atoms with Crippen LogP contribution in [0.4, 0.5) is 17.1 Å². The Bertz CT molecular complexity index is 2890. The molecule has 1 unspecified atom stereocenters. The smallest absolute Gasteiger partial charge is 0.0820 e. The third-order valence-corrected chi connectivity index (χ3v) is 14.0. The molecule has 0 amide bonds. The summed E-state index contributed by atoms with van der Waals surface area (Å²) in [7, 11) is 0. The molecule has 54 heavy (non-hydrogen) atoms. The van der Waals surface area contributed by atoms with Crippen LogP contribution in [-0.4, -0.2) is 0 Å². The minimum Gasteiger partial charge on any atom is -0.308 e. The molecule has 2 heterocycles. The summed E-state index contributed by atoms with van der Waals surface area (Å²) in [5.41, 5.74) is 17.6. The van der Waals surface area contributed by atoms with Crippen LogP contribution >= 0.6 is 23.1 Å². The van der Waals surface area contributed by atoms with Crippen LogP contribution in [0, 0.1) is 0 Å². The lowest BCUT2D eigenvalue weighted by molar-refractivity contribution is 0.811. The van der Waals surface area contributed by atoms with Crippen LogP contribution in [-0.2, 0) is 5.41 Å². The number of benzene rings is 8. The van der Waals surface area contributed by atoms with Crippen LogP contribution < -0.4 is 4.90 Å². The van der Waals surface area contributed by atoms with E-state index in [-0.39, 0.29) is 0 Å². The Morgan fingerprint density at radius 1 is 0.389 bits per heavy atom. The molecule has 0 fully saturated rings. The highest BCUT2D eigenvalue weighted by Gasteiger charge is 2.54. The summed E-state index contributed by atoms with van der Waals surface area (Å²) in [4.78, 5) is 6.49. The van der Waals surface area contributed by atoms with Gasteiger partial charge in [-0.05, 0) is 86.5 Å². The lowest BCUT2D eigenvalue weighted by atomic mass is 9.74. The molecule has 8 aromatic carbocycles. The Morgan fingerprint density at radius 3 is 1.57 bits per heavy atom. The maximum Gasteiger partial charge on any atom is 0.0820 e. The van der Waals surface area contributed by atoms with Crippen LogP contribution in [0.25, 0.3) is 54.6 Å². The minimum absolute atomic E-state index is 0.401. The maximum absolute atomic E-state index is 2.55. The standard InChI is InChI=1S/C51H31NS2/c1-3-14-32(15-4-1)34-26-28-42-46(30-34)53-47-31-35(33-16-5-2-6-17-33)27-29-43(47)52(42)44-24-13-23-41-49(44)37-19-8-11-22-40(37)51(41)39-21-10-7-18-36(39)48-38-20-9-12-25-45(38)54-50(48)51/h1-31H. The highest BCUT2D eigenvalue weighted by Crippen LogP contribution is 2.68. The highest BCUT2D eigenvalue weighted by atomic mass is 32.2. The average molecular weight is 722 g/mol. The third kappa shape index (κ3) is 4.06. The summed E-state index contributed by atoms with van der Waals surface area (Å²) in [6.45, 7) is 0. The van der Waals surface area contributed by atoms with E-state index in [0.717, 1.165) is 0 Å². The average Bonchev–Trinajstić information content (AvgIpc) is 3.87. The largest absolute Gasteiger partial charge is 0.308 e. The minimum atomic E-state index is -0.401. The first-order chi connectivity index (χ1) is 26.8. The summed E-state index contributed by atoms with van der Waals surface area (Å²) < 4.78 is 1.35. The number of thiophene rings is 1. The number of anilines is 3. The molecule has 0 saturated heterocycles. The number of nitrogens with zero attached hydrogens (tertiary/aromatic N) is 1. The quantitative estimate of drug-likeness (QED) is 0.179. The Morgan fingerprint density at radius 2 is 0.926 bits per heavy atom. The van der Waals surface area contributed by atoms with Gasteiger partial charge in [-0.25, -0.2) is 0 Å². The summed E-state index contributed by atoms with van der Waals surface area (Å²) >= 11 is 3.85. The van der Waals surface area contributed by atoms with Crippen LogP contribution in [0.1, 0.15) is 21.6 Å². The zero-order valence-corrected chi connectivity index (χ0v) is 30.8. The van der Waals surface area contributed by atoms with Gasteiger partial charge in [0.2, 0.25) is 0 Å². The Hall–Kier alpha value is -6.13. The molecule has 0 saturated carbocycles. The van der Waals surface area contributed by atoms with Crippen molar-refractivity contribution in [2.75, 3.05) is 4.90 Å². The predicted octanol–water partition coefficient (Wildman–Crippen LogP) is 14.5. The molecule has 2 aliphatic carbocycles. The molecule has 1 nitrogen and oxygen atoms in total. The Kier molecular flexibility index (Phi) is 6.42. The van der Waals surface area contributed by atoms with Crippen molar-refractivity contribution in [1.82, 2.24) is 0 Å². The molecule has 0 radical (unpaired) electrons. The van der Waals surface area contributed by atoms with Gasteiger partial charge in [-0.1, -0.05) is 163 Å². The van der Waals surface area contributed by atoms with Gasteiger partial charge in [0.1, 0.15) is 0 Å². The molecule has 0 N–H and O–H groups in total. The number of rotatable bonds is 3. The van der Waals surface area contributed by atoms with Gasteiger partial charge in [0, 0.05) is 35.9 Å². The van der Waals surface area contributed by atoms with Crippen LogP contribution in [0.3, 0.4) is 0 Å². The van der Waals surface area contributed by atoms with Crippen molar-refractivity contribution in [3.63, 3.8) is 0 Å². The Labute approximate surface area is 322 Å². The highest BCUT2D eigenvalue weighted by molar-refractivity contribution is 7.99. The molecule has 252 valence electrons. The van der Waals surface area contributed by atoms with Crippen molar-refractivity contribution in [2.45, 2.75) is 15.2 Å². The zero-order valence-electron chi connectivity index (χ0n) is 29.2. The van der Waals surface area contributed by atoms with Crippen molar-refractivity contribution in [1.29, 1.82) is 0 Å². The first-order valence-corrected chi connectivity index (χ1v) is 20.1. The summed E-state index contributed by atoms with van der Waals surface area (Å²) in [5.74, 6) is 0. The van der Waals surface area contributed by atoms with E-state index in [9.17, 15) is 0 Å². The second kappa shape index (κ2) is 11.4. The molecule has 1 aromatic heterocycles. The molecule has 3 heteroatoms. The van der Waals surface area contributed by atoms with Crippen molar-refractivity contribution in [3.05, 3.63) is 210 Å². The summed E-state index contributed by atoms with van der Waals surface area (Å²) in [6.07, 6.45) is 0. The van der Waals surface area contributed by atoms with Crippen LogP contribution in [0.5, 0.6) is 0 Å². The molecule has 9 aromatic rings. The lowest BCUT2D eigenvalue weighted by Gasteiger charge is -2.35. The van der Waals surface area contributed by atoms with Gasteiger partial charge in [-0.2, -0.15) is 0 Å². The zero-order chi connectivity index (χ0) is 35.4. The van der Waals surface area contributed by atoms with Crippen molar-refractivity contribution < 1.29 is 0 Å². The fraction of sp³-hybridized carbons (Fsp3) is 0.0196. The van der Waals surface area contributed by atoms with E-state index in [0.29, 0.717) is 0 Å². The van der Waals surface area contributed by atoms with Crippen LogP contribution in [0.2, 0.25) is 0 Å². The van der Waals surface area contributed by atoms with Gasteiger partial charge >= 0.3 is 0 Å². The van der Waals surface area contributed by atoms with E-state index < -0.39 is 5.41 Å². The topological polar surface area (TPSA) is 3.24 Å². The Balaban J connectivity index is 1.14. The summed E-state index contributed by atoms with van der Waals surface area (Å²) in [6, 6.07) is 69.9. The predicted molar refractivity (Wildman–Crippen MR) is 228 cm³/mol. The van der Waals surface area contributed by atoms with Gasteiger partial charge in [0.25, 0.3) is 0 Å². The van der Waals surface area contributed by atoms with E-state index in [4.69, 9.17) is 0 Å². The van der Waals surface area contributed by atoms with Gasteiger partial charge in [0.05, 0.1) is 22.5 Å². The van der Waals surface area contributed by atoms with Crippen molar-refractivity contribution in [3.8, 4) is 44.5 Å². The number of hydrogen-bond donors (Lipinski definition) is 0. The fourth-order valence-electron chi connectivity index (χ4n) is 9.45. The normalized spacial score (nSPS) is 15.7. The monoisotopic (exact) mass is 721 g/mol. The molecule has 3 aliphatic rings. The lowest BCUT2D eigenvalue weighted by Crippen LogP contribution is -2.25. The maximum atomic E-state index is 2.55. The molecule has 1 spiro atoms. The number of fused-ring (bicyclic) bond motifs is 14. The van der Waals surface area contributed by atoms with E-state index >= 15 is 0 Å². The fourth-order valence-corrected chi connectivity index (χ4v) is 12.0. The molecular formula is C51H31NS2. The van der Waals surface area contributed by atoms with Gasteiger partial charge in [-0.3, -0.25) is 0 Å². The summed E-state index contributed by atoms with van der Waals surface area (Å²) in [5, 5.41) is 1.35. The second-order valence-electron chi connectivity index (χ2n) is 14.4. The third-order valence-electron chi connectivity index (χ3n) is 11.7. The second-order valence-corrected chi connectivity index (χ2v) is 16.5. The SMILES string of the molecule is c1ccc(-c2ccc3c(c2)Sc2cc(-c4ccccc4)ccc2N3c2cccc3c2-c2ccccc2C32c3ccccc3-c3c2sc2ccccc32)cc1. The van der Waals surface area contributed by atoms with E-state index in [2.05, 4.69) is 193 Å². The first kappa shape index (κ1) is 30.3. The molecule has 1 atom stereocenters. The van der Waals surface area contributed by atoms with Crippen molar-refractivity contribution in [2.24, 2.45) is 0 Å². The van der Waals surface area contributed by atoms with E-state index in [1.54, 1.807) is 0 Å². The van der Waals surface area contributed by atoms with Gasteiger partial charge in [-0.15, -0.1) is 11.3 Å². The number of hydrogen-bond acceptors (Lipinski definition) is 3. The molecule has 12 rings (SSSR count). The van der Waals surface area contributed by atoms with Gasteiger partial charge in [0.15, 0.2) is 0 Å². The molecular weight excluding hydrogens is 691 g/mol. The van der Waals surface area contributed by atoms with E-state index in [1.165, 1.54) is 103 Å².